The zero-order valence-electron chi connectivity index (χ0n) is 14.6. The molecule has 1 saturated heterocycles. The summed E-state index contributed by atoms with van der Waals surface area (Å²) in [6.07, 6.45) is 8.94. The average Bonchev–Trinajstić information content (AvgIpc) is 2.95. The first-order valence-corrected chi connectivity index (χ1v) is 9.28. The van der Waals surface area contributed by atoms with Crippen molar-refractivity contribution in [1.82, 2.24) is 9.80 Å². The number of hydrogen-bond donors (Lipinski definition) is 1. The summed E-state index contributed by atoms with van der Waals surface area (Å²) >= 11 is 0. The predicted octanol–water partition coefficient (Wildman–Crippen LogP) is 2.79. The molecule has 3 unspecified atom stereocenters. The highest BCUT2D eigenvalue weighted by molar-refractivity contribution is 5.82. The summed E-state index contributed by atoms with van der Waals surface area (Å²) < 4.78 is 0. The van der Waals surface area contributed by atoms with Crippen molar-refractivity contribution in [2.24, 2.45) is 0 Å². The minimum Gasteiger partial charge on any atom is -0.393 e. The van der Waals surface area contributed by atoms with E-state index in [1.165, 1.54) is 32.1 Å². The fourth-order valence-electron chi connectivity index (χ4n) is 4.38. The van der Waals surface area contributed by atoms with Crippen molar-refractivity contribution in [3.05, 3.63) is 0 Å². The molecule has 2 fully saturated rings. The maximum atomic E-state index is 13.0. The van der Waals surface area contributed by atoms with Crippen LogP contribution in [0.15, 0.2) is 0 Å². The Kier molecular flexibility index (Phi) is 6.69. The first-order chi connectivity index (χ1) is 10.5. The molecule has 2 aliphatic rings. The average molecular weight is 310 g/mol. The molecule has 1 saturated carbocycles. The fourth-order valence-corrected chi connectivity index (χ4v) is 4.38. The molecule has 0 aromatic heterocycles. The highest BCUT2D eigenvalue weighted by Crippen LogP contribution is 2.27. The quantitative estimate of drug-likeness (QED) is 0.820. The molecule has 128 valence electrons. The lowest BCUT2D eigenvalue weighted by Crippen LogP contribution is -2.52. The largest absolute Gasteiger partial charge is 0.393 e. The molecule has 3 atom stereocenters. The Balaban J connectivity index is 1.99. The van der Waals surface area contributed by atoms with E-state index in [0.717, 1.165) is 32.4 Å². The minimum atomic E-state index is -0.284. The molecule has 0 radical (unpaired) electrons. The van der Waals surface area contributed by atoms with Gasteiger partial charge in [-0.1, -0.05) is 19.3 Å². The zero-order chi connectivity index (χ0) is 16.1. The second-order valence-electron chi connectivity index (χ2n) is 7.21. The molecule has 1 aliphatic carbocycles. The van der Waals surface area contributed by atoms with Crippen molar-refractivity contribution < 1.29 is 9.90 Å². The van der Waals surface area contributed by atoms with Crippen LogP contribution in [0.5, 0.6) is 0 Å². The first-order valence-electron chi connectivity index (χ1n) is 9.28. The van der Waals surface area contributed by atoms with Gasteiger partial charge in [0.15, 0.2) is 0 Å². The maximum absolute atomic E-state index is 13.0. The van der Waals surface area contributed by atoms with E-state index >= 15 is 0 Å². The summed E-state index contributed by atoms with van der Waals surface area (Å²) in [6, 6.07) is 0.767. The zero-order valence-corrected chi connectivity index (χ0v) is 14.6. The third kappa shape index (κ3) is 4.23. The first kappa shape index (κ1) is 17.7. The van der Waals surface area contributed by atoms with Crippen molar-refractivity contribution in [3.63, 3.8) is 0 Å². The van der Waals surface area contributed by atoms with Gasteiger partial charge in [-0.3, -0.25) is 9.69 Å². The van der Waals surface area contributed by atoms with Gasteiger partial charge < -0.3 is 10.0 Å². The smallest absolute Gasteiger partial charge is 0.239 e. The van der Waals surface area contributed by atoms with Crippen molar-refractivity contribution in [3.8, 4) is 0 Å². The Hall–Kier alpha value is -0.610. The van der Waals surface area contributed by atoms with Gasteiger partial charge in [0.25, 0.3) is 0 Å². The van der Waals surface area contributed by atoms with Gasteiger partial charge >= 0.3 is 0 Å². The highest BCUT2D eigenvalue weighted by atomic mass is 16.3. The number of hydrogen-bond acceptors (Lipinski definition) is 3. The topological polar surface area (TPSA) is 43.8 Å². The van der Waals surface area contributed by atoms with Gasteiger partial charge in [0.05, 0.1) is 12.1 Å². The van der Waals surface area contributed by atoms with E-state index in [4.69, 9.17) is 0 Å². The van der Waals surface area contributed by atoms with Gasteiger partial charge in [0.2, 0.25) is 5.91 Å². The normalized spacial score (nSPS) is 26.8. The molecule has 2 rings (SSSR count). The molecule has 1 heterocycles. The standard InChI is InChI=1S/C18H34N2O2/c1-4-19(16-9-6-5-7-10-16)18(22)15(3)20-12-8-11-17(20)13-14(2)21/h14-17,21H,4-13H2,1-3H3. The molecule has 4 nitrogen and oxygen atoms in total. The van der Waals surface area contributed by atoms with E-state index in [0.29, 0.717) is 18.0 Å². The number of aliphatic hydroxyl groups is 1. The van der Waals surface area contributed by atoms with Crippen molar-refractivity contribution in [2.75, 3.05) is 13.1 Å². The van der Waals surface area contributed by atoms with Crippen LogP contribution in [0, 0.1) is 0 Å². The number of likely N-dealkylation sites (N-methyl/N-ethyl adjacent to an activating group) is 1. The molecule has 22 heavy (non-hydrogen) atoms. The summed E-state index contributed by atoms with van der Waals surface area (Å²) in [5, 5.41) is 9.69. The third-order valence-corrected chi connectivity index (χ3v) is 5.53. The van der Waals surface area contributed by atoms with Crippen molar-refractivity contribution in [1.29, 1.82) is 0 Å². The van der Waals surface area contributed by atoms with E-state index in [1.807, 2.05) is 6.92 Å². The Bertz CT molecular complexity index is 353. The second kappa shape index (κ2) is 8.30. The molecule has 0 spiro atoms. The highest BCUT2D eigenvalue weighted by Gasteiger charge is 2.36. The van der Waals surface area contributed by atoms with Crippen molar-refractivity contribution >= 4 is 5.91 Å². The van der Waals surface area contributed by atoms with E-state index in [9.17, 15) is 9.90 Å². The van der Waals surface area contributed by atoms with Crippen LogP contribution in [0.3, 0.4) is 0 Å². The number of carbonyl (C=O) groups is 1. The maximum Gasteiger partial charge on any atom is 0.239 e. The van der Waals surface area contributed by atoms with Gasteiger partial charge in [0, 0.05) is 18.6 Å². The lowest BCUT2D eigenvalue weighted by atomic mass is 9.93. The number of likely N-dealkylation sites (tertiary alicyclic amines) is 1. The lowest BCUT2D eigenvalue weighted by molar-refractivity contribution is -0.139. The van der Waals surface area contributed by atoms with Crippen LogP contribution >= 0.6 is 0 Å². The Morgan fingerprint density at radius 2 is 1.86 bits per heavy atom. The predicted molar refractivity (Wildman–Crippen MR) is 89.7 cm³/mol. The Morgan fingerprint density at radius 1 is 1.18 bits per heavy atom. The minimum absolute atomic E-state index is 0.0480. The van der Waals surface area contributed by atoms with E-state index < -0.39 is 0 Å². The monoisotopic (exact) mass is 310 g/mol. The lowest BCUT2D eigenvalue weighted by Gasteiger charge is -2.38. The molecule has 1 amide bonds. The molecule has 1 N–H and O–H groups in total. The van der Waals surface area contributed by atoms with Crippen LogP contribution in [0.1, 0.15) is 72.1 Å². The summed E-state index contributed by atoms with van der Waals surface area (Å²) in [7, 11) is 0. The van der Waals surface area contributed by atoms with Crippen LogP contribution in [-0.4, -0.2) is 58.1 Å². The van der Waals surface area contributed by atoms with Crippen LogP contribution in [0.4, 0.5) is 0 Å². The molecular formula is C18H34N2O2. The van der Waals surface area contributed by atoms with Crippen LogP contribution in [0.2, 0.25) is 0 Å². The van der Waals surface area contributed by atoms with Crippen LogP contribution < -0.4 is 0 Å². The Morgan fingerprint density at radius 3 is 2.45 bits per heavy atom. The van der Waals surface area contributed by atoms with E-state index in [1.54, 1.807) is 0 Å². The van der Waals surface area contributed by atoms with E-state index in [-0.39, 0.29) is 12.1 Å². The van der Waals surface area contributed by atoms with Gasteiger partial charge in [-0.15, -0.1) is 0 Å². The number of nitrogens with zero attached hydrogens (tertiary/aromatic N) is 2. The molecule has 4 heteroatoms. The Labute approximate surface area is 135 Å². The second-order valence-corrected chi connectivity index (χ2v) is 7.21. The summed E-state index contributed by atoms with van der Waals surface area (Å²) in [5.41, 5.74) is 0. The molecule has 0 aromatic carbocycles. The van der Waals surface area contributed by atoms with Crippen LogP contribution in [0.25, 0.3) is 0 Å². The molecule has 0 bridgehead atoms. The summed E-state index contributed by atoms with van der Waals surface area (Å²) in [5.74, 6) is 0.298. The van der Waals surface area contributed by atoms with Crippen molar-refractivity contribution in [2.45, 2.75) is 96.4 Å². The van der Waals surface area contributed by atoms with Crippen LogP contribution in [-0.2, 0) is 4.79 Å². The molecule has 0 aromatic rings. The SMILES string of the molecule is CCN(C(=O)C(C)N1CCCC1CC(C)O)C1CCCCC1. The van der Waals surface area contributed by atoms with Gasteiger partial charge in [-0.25, -0.2) is 0 Å². The number of amides is 1. The molecule has 1 aliphatic heterocycles. The summed E-state index contributed by atoms with van der Waals surface area (Å²) in [4.78, 5) is 17.5. The molecular weight excluding hydrogens is 276 g/mol. The number of aliphatic hydroxyl groups excluding tert-OH is 1. The number of carbonyl (C=O) groups excluding carboxylic acids is 1. The van der Waals surface area contributed by atoms with E-state index in [2.05, 4.69) is 23.6 Å². The van der Waals surface area contributed by atoms with Gasteiger partial charge in [-0.2, -0.15) is 0 Å². The third-order valence-electron chi connectivity index (χ3n) is 5.53. The van der Waals surface area contributed by atoms with Gasteiger partial charge in [-0.05, 0) is 59.4 Å². The number of rotatable bonds is 6. The fraction of sp³-hybridized carbons (Fsp3) is 0.944. The van der Waals surface area contributed by atoms with Gasteiger partial charge in [0.1, 0.15) is 0 Å². The summed E-state index contributed by atoms with van der Waals surface area (Å²) in [6.45, 7) is 7.84.